The van der Waals surface area contributed by atoms with E-state index in [0.717, 1.165) is 10.7 Å². The van der Waals surface area contributed by atoms with Gasteiger partial charge >= 0.3 is 0 Å². The number of pyridine rings is 1. The molecule has 8 nitrogen and oxygen atoms in total. The van der Waals surface area contributed by atoms with Gasteiger partial charge in [0.15, 0.2) is 11.6 Å². The number of nitrogens with one attached hydrogen (secondary N) is 2. The molecule has 0 spiro atoms. The number of anilines is 1. The molecule has 1 aromatic carbocycles. The summed E-state index contributed by atoms with van der Waals surface area (Å²) in [5, 5.41) is 18.5. The van der Waals surface area contributed by atoms with Crippen LogP contribution in [0.15, 0.2) is 36.5 Å². The van der Waals surface area contributed by atoms with Crippen LogP contribution < -0.4 is 10.6 Å². The summed E-state index contributed by atoms with van der Waals surface area (Å²) in [6.07, 6.45) is 1.32. The molecule has 0 atom stereocenters. The number of halogens is 2. The first-order chi connectivity index (χ1) is 15.2. The van der Waals surface area contributed by atoms with Crippen LogP contribution in [0, 0.1) is 24.1 Å². The lowest BCUT2D eigenvalue weighted by molar-refractivity contribution is 0.0944. The molecule has 0 radical (unpaired) electrons. The van der Waals surface area contributed by atoms with Crippen LogP contribution in [0.2, 0.25) is 0 Å². The third-order valence-corrected chi connectivity index (χ3v) is 4.44. The maximum Gasteiger partial charge on any atom is 0.274 e. The number of hydrogen-bond acceptors (Lipinski definition) is 5. The molecule has 0 aliphatic rings. The zero-order chi connectivity index (χ0) is 23.4. The summed E-state index contributed by atoms with van der Waals surface area (Å²) in [7, 11) is 0. The summed E-state index contributed by atoms with van der Waals surface area (Å²) in [4.78, 5) is 29.7. The van der Waals surface area contributed by atoms with Crippen LogP contribution in [-0.2, 0) is 6.67 Å². The maximum atomic E-state index is 14.3. The Morgan fingerprint density at radius 3 is 2.62 bits per heavy atom. The SMILES string of the molecule is Cc1cc(C#N)cc(C(=O)NC(C)C)c1NC(=O)c1cc(CF)nn1-c1ncccc1F. The van der Waals surface area contributed by atoms with Gasteiger partial charge < -0.3 is 10.6 Å². The van der Waals surface area contributed by atoms with Crippen molar-refractivity contribution in [2.75, 3.05) is 5.32 Å². The zero-order valence-electron chi connectivity index (χ0n) is 17.6. The Morgan fingerprint density at radius 2 is 2.00 bits per heavy atom. The van der Waals surface area contributed by atoms with Gasteiger partial charge in [-0.3, -0.25) is 9.59 Å². The fourth-order valence-electron chi connectivity index (χ4n) is 3.07. The summed E-state index contributed by atoms with van der Waals surface area (Å²) in [5.41, 5.74) is 0.707. The highest BCUT2D eigenvalue weighted by atomic mass is 19.1. The van der Waals surface area contributed by atoms with Gasteiger partial charge in [-0.15, -0.1) is 0 Å². The van der Waals surface area contributed by atoms with Crippen molar-refractivity contribution in [1.29, 1.82) is 5.26 Å². The molecule has 3 aromatic rings. The van der Waals surface area contributed by atoms with Crippen molar-refractivity contribution in [3.05, 3.63) is 70.4 Å². The number of benzene rings is 1. The topological polar surface area (TPSA) is 113 Å². The molecule has 10 heteroatoms. The van der Waals surface area contributed by atoms with Crippen molar-refractivity contribution in [2.45, 2.75) is 33.5 Å². The fraction of sp³-hybridized carbons (Fsp3) is 0.227. The lowest BCUT2D eigenvalue weighted by Gasteiger charge is -2.16. The van der Waals surface area contributed by atoms with Crippen LogP contribution in [0.25, 0.3) is 5.82 Å². The smallest absolute Gasteiger partial charge is 0.274 e. The number of nitrogens with zero attached hydrogens (tertiary/aromatic N) is 4. The second-order valence-corrected chi connectivity index (χ2v) is 7.28. The van der Waals surface area contributed by atoms with Crippen LogP contribution in [0.4, 0.5) is 14.5 Å². The van der Waals surface area contributed by atoms with Gasteiger partial charge in [-0.2, -0.15) is 10.4 Å². The summed E-state index contributed by atoms with van der Waals surface area (Å²) in [6, 6.07) is 8.37. The normalized spacial score (nSPS) is 10.7. The Labute approximate surface area is 182 Å². The number of hydrogen-bond donors (Lipinski definition) is 2. The van der Waals surface area contributed by atoms with Crippen molar-refractivity contribution in [3.8, 4) is 11.9 Å². The minimum atomic E-state index is -0.973. The van der Waals surface area contributed by atoms with Gasteiger partial charge in [0, 0.05) is 12.2 Å². The Hall–Kier alpha value is -4.13. The van der Waals surface area contributed by atoms with Crippen LogP contribution in [0.3, 0.4) is 0 Å². The summed E-state index contributed by atoms with van der Waals surface area (Å²) >= 11 is 0. The van der Waals surface area contributed by atoms with Gasteiger partial charge in [0.1, 0.15) is 12.4 Å². The van der Waals surface area contributed by atoms with Crippen LogP contribution in [0.1, 0.15) is 51.5 Å². The van der Waals surface area contributed by atoms with Gasteiger partial charge in [0.2, 0.25) is 0 Å². The molecule has 0 unspecified atom stereocenters. The van der Waals surface area contributed by atoms with Crippen LogP contribution >= 0.6 is 0 Å². The fourth-order valence-corrected chi connectivity index (χ4v) is 3.07. The second kappa shape index (κ2) is 9.34. The van der Waals surface area contributed by atoms with Gasteiger partial charge in [-0.1, -0.05) is 0 Å². The van der Waals surface area contributed by atoms with Gasteiger partial charge in [-0.25, -0.2) is 18.4 Å². The van der Waals surface area contributed by atoms with Crippen LogP contribution in [0.5, 0.6) is 0 Å². The number of carbonyl (C=O) groups is 2. The third kappa shape index (κ3) is 4.62. The summed E-state index contributed by atoms with van der Waals surface area (Å²) in [5.74, 6) is -2.26. The Balaban J connectivity index is 2.07. The summed E-state index contributed by atoms with van der Waals surface area (Å²) < 4.78 is 28.4. The van der Waals surface area contributed by atoms with Crippen molar-refractivity contribution in [3.63, 3.8) is 0 Å². The lowest BCUT2D eigenvalue weighted by Crippen LogP contribution is -2.31. The van der Waals surface area contributed by atoms with Crippen molar-refractivity contribution in [2.24, 2.45) is 0 Å². The number of amides is 2. The van der Waals surface area contributed by atoms with E-state index in [4.69, 9.17) is 0 Å². The minimum Gasteiger partial charge on any atom is -0.350 e. The van der Waals surface area contributed by atoms with E-state index < -0.39 is 24.3 Å². The number of rotatable bonds is 6. The van der Waals surface area contributed by atoms with Crippen LogP contribution in [-0.4, -0.2) is 32.6 Å². The Morgan fingerprint density at radius 1 is 1.25 bits per heavy atom. The molecule has 2 aromatic heterocycles. The molecule has 0 fully saturated rings. The number of alkyl halides is 1. The van der Waals surface area contributed by atoms with Crippen molar-refractivity contribution < 1.29 is 18.4 Å². The third-order valence-electron chi connectivity index (χ3n) is 4.44. The molecule has 2 N–H and O–H groups in total. The Bertz CT molecular complexity index is 1230. The molecule has 164 valence electrons. The first-order valence-electron chi connectivity index (χ1n) is 9.68. The average Bonchev–Trinajstić information content (AvgIpc) is 3.19. The monoisotopic (exact) mass is 438 g/mol. The molecule has 0 aliphatic carbocycles. The molecule has 3 rings (SSSR count). The number of aromatic nitrogens is 3. The largest absolute Gasteiger partial charge is 0.350 e. The minimum absolute atomic E-state index is 0.0874. The predicted molar refractivity (Wildman–Crippen MR) is 113 cm³/mol. The first-order valence-corrected chi connectivity index (χ1v) is 9.68. The molecule has 2 heterocycles. The van der Waals surface area contributed by atoms with E-state index in [0.29, 0.717) is 5.56 Å². The van der Waals surface area contributed by atoms with Crippen molar-refractivity contribution in [1.82, 2.24) is 20.1 Å². The molecule has 0 bridgehead atoms. The molecule has 0 saturated carbocycles. The quantitative estimate of drug-likeness (QED) is 0.612. The summed E-state index contributed by atoms with van der Waals surface area (Å²) in [6.45, 7) is 4.20. The van der Waals surface area contributed by atoms with Gasteiger partial charge in [-0.05, 0) is 56.7 Å². The molecular weight excluding hydrogens is 418 g/mol. The van der Waals surface area contributed by atoms with Crippen molar-refractivity contribution >= 4 is 17.5 Å². The molecule has 32 heavy (non-hydrogen) atoms. The second-order valence-electron chi connectivity index (χ2n) is 7.28. The zero-order valence-corrected chi connectivity index (χ0v) is 17.6. The Kier molecular flexibility index (Phi) is 6.59. The maximum absolute atomic E-state index is 14.3. The standard InChI is InChI=1S/C22H20F2N6O2/c1-12(2)27-21(31)16-8-14(11-25)7-13(3)19(16)28-22(32)18-9-15(10-23)29-30(18)20-17(24)5-4-6-26-20/h4-9,12H,10H2,1-3H3,(H,27,31)(H,28,32). The predicted octanol–water partition coefficient (Wildman–Crippen LogP) is 3.45. The van der Waals surface area contributed by atoms with E-state index in [9.17, 15) is 23.6 Å². The van der Waals surface area contributed by atoms with E-state index in [1.807, 2.05) is 6.07 Å². The lowest BCUT2D eigenvalue weighted by atomic mass is 10.0. The number of nitriles is 1. The number of aryl methyl sites for hydroxylation is 1. The molecule has 0 saturated heterocycles. The van der Waals surface area contributed by atoms with E-state index in [1.165, 1.54) is 30.5 Å². The van der Waals surface area contributed by atoms with Gasteiger partial charge in [0.05, 0.1) is 28.6 Å². The van der Waals surface area contributed by atoms with E-state index >= 15 is 0 Å². The highest BCUT2D eigenvalue weighted by Gasteiger charge is 2.23. The number of carbonyl (C=O) groups excluding carboxylic acids is 2. The first kappa shape index (κ1) is 22.6. The van der Waals surface area contributed by atoms with E-state index in [1.54, 1.807) is 20.8 Å². The molecular formula is C22H20F2N6O2. The van der Waals surface area contributed by atoms with E-state index in [2.05, 4.69) is 20.7 Å². The highest BCUT2D eigenvalue weighted by molar-refractivity contribution is 6.09. The van der Waals surface area contributed by atoms with Gasteiger partial charge in [0.25, 0.3) is 11.8 Å². The molecule has 0 aliphatic heterocycles. The van der Waals surface area contributed by atoms with E-state index in [-0.39, 0.29) is 40.1 Å². The average molecular weight is 438 g/mol. The molecule has 2 amide bonds. The highest BCUT2D eigenvalue weighted by Crippen LogP contribution is 2.25.